The van der Waals surface area contributed by atoms with Crippen LogP contribution in [0.1, 0.15) is 35.8 Å². The topological polar surface area (TPSA) is 82.9 Å². The summed E-state index contributed by atoms with van der Waals surface area (Å²) in [7, 11) is 0. The second-order valence-electron chi connectivity index (χ2n) is 11.2. The molecular formula is C35H39N5O2S2. The van der Waals surface area contributed by atoms with Crippen LogP contribution in [0.4, 0.5) is 5.82 Å². The molecule has 1 saturated heterocycles. The number of para-hydroxylation sites is 1. The molecule has 2 N–H and O–H groups in total. The van der Waals surface area contributed by atoms with Gasteiger partial charge < -0.3 is 20.1 Å². The van der Waals surface area contributed by atoms with Crippen molar-refractivity contribution < 1.29 is 9.84 Å². The van der Waals surface area contributed by atoms with E-state index < -0.39 is 0 Å². The molecular weight excluding hydrogens is 587 g/mol. The Hall–Kier alpha value is -3.37. The number of rotatable bonds is 12. The second-order valence-corrected chi connectivity index (χ2v) is 13.4. The number of ether oxygens (including phenoxy) is 1. The molecule has 0 bridgehead atoms. The van der Waals surface area contributed by atoms with Crippen LogP contribution < -0.4 is 10.1 Å². The van der Waals surface area contributed by atoms with Crippen LogP contribution in [0, 0.1) is 5.92 Å². The summed E-state index contributed by atoms with van der Waals surface area (Å²) in [5, 5.41) is 14.0. The van der Waals surface area contributed by atoms with Crippen molar-refractivity contribution in [2.45, 2.75) is 41.9 Å². The van der Waals surface area contributed by atoms with E-state index in [0.717, 1.165) is 72.6 Å². The predicted octanol–water partition coefficient (Wildman–Crippen LogP) is 7.32. The van der Waals surface area contributed by atoms with Crippen LogP contribution in [0.15, 0.2) is 107 Å². The largest absolute Gasteiger partial charge is 0.453 e. The minimum Gasteiger partial charge on any atom is -0.453 e. The monoisotopic (exact) mass is 625 g/mol. The number of aliphatic hydroxyl groups excluding tert-OH is 1. The highest BCUT2D eigenvalue weighted by molar-refractivity contribution is 8.14. The zero-order valence-electron chi connectivity index (χ0n) is 24.8. The third kappa shape index (κ3) is 8.41. The summed E-state index contributed by atoms with van der Waals surface area (Å²) in [5.74, 6) is 3.53. The van der Waals surface area contributed by atoms with E-state index in [1.807, 2.05) is 60.6 Å². The number of nitrogens with one attached hydrogen (secondary N) is 1. The Bertz CT molecular complexity index is 1490. The smallest absolute Gasteiger partial charge is 0.175 e. The van der Waals surface area contributed by atoms with E-state index >= 15 is 0 Å². The molecule has 4 aromatic rings. The van der Waals surface area contributed by atoms with Crippen LogP contribution in [0.3, 0.4) is 0 Å². The summed E-state index contributed by atoms with van der Waals surface area (Å²) >= 11 is 3.55. The van der Waals surface area contributed by atoms with Gasteiger partial charge in [0.15, 0.2) is 16.7 Å². The molecule has 2 aromatic heterocycles. The summed E-state index contributed by atoms with van der Waals surface area (Å²) in [6.07, 6.45) is 7.99. The number of anilines is 1. The minimum absolute atomic E-state index is 0.192. The van der Waals surface area contributed by atoms with Crippen molar-refractivity contribution in [1.29, 1.82) is 0 Å². The number of thioether (sulfide) groups is 2. The Balaban J connectivity index is 1.20. The quantitative estimate of drug-likeness (QED) is 0.159. The highest BCUT2D eigenvalue weighted by Crippen LogP contribution is 2.45. The van der Waals surface area contributed by atoms with Crippen molar-refractivity contribution in [1.82, 2.24) is 14.9 Å². The minimum atomic E-state index is 0.192. The van der Waals surface area contributed by atoms with E-state index in [1.165, 1.54) is 5.56 Å². The molecule has 2 aliphatic heterocycles. The van der Waals surface area contributed by atoms with Crippen molar-refractivity contribution in [3.63, 3.8) is 0 Å². The Morgan fingerprint density at radius 1 is 0.977 bits per heavy atom. The number of aromatic nitrogens is 2. The highest BCUT2D eigenvalue weighted by Gasteiger charge is 2.30. The van der Waals surface area contributed by atoms with Gasteiger partial charge in [-0.1, -0.05) is 66.4 Å². The molecule has 6 rings (SSSR count). The molecule has 2 atom stereocenters. The number of aliphatic hydroxyl groups is 1. The Kier molecular flexibility index (Phi) is 10.8. The Labute approximate surface area is 268 Å². The fourth-order valence-electron chi connectivity index (χ4n) is 5.70. The van der Waals surface area contributed by atoms with E-state index in [9.17, 15) is 5.11 Å². The molecule has 2 unspecified atom stereocenters. The van der Waals surface area contributed by atoms with Crippen molar-refractivity contribution in [3.8, 4) is 11.5 Å². The van der Waals surface area contributed by atoms with Gasteiger partial charge in [0, 0.05) is 29.6 Å². The number of hydrogen-bond acceptors (Lipinski definition) is 9. The molecule has 2 aromatic carbocycles. The van der Waals surface area contributed by atoms with Crippen LogP contribution in [-0.2, 0) is 6.42 Å². The summed E-state index contributed by atoms with van der Waals surface area (Å²) < 4.78 is 6.42. The van der Waals surface area contributed by atoms with Gasteiger partial charge in [0.25, 0.3) is 0 Å². The maximum Gasteiger partial charge on any atom is 0.175 e. The summed E-state index contributed by atoms with van der Waals surface area (Å²) in [5.41, 5.74) is 2.44. The number of aliphatic imine (C=N–C) groups is 1. The normalized spacial score (nSPS) is 18.1. The summed E-state index contributed by atoms with van der Waals surface area (Å²) in [4.78, 5) is 18.0. The highest BCUT2D eigenvalue weighted by atomic mass is 32.2. The Morgan fingerprint density at radius 2 is 1.75 bits per heavy atom. The zero-order valence-corrected chi connectivity index (χ0v) is 26.4. The van der Waals surface area contributed by atoms with Gasteiger partial charge in [0.05, 0.1) is 23.6 Å². The van der Waals surface area contributed by atoms with Gasteiger partial charge in [0.1, 0.15) is 5.75 Å². The molecule has 0 aliphatic carbocycles. The van der Waals surface area contributed by atoms with Gasteiger partial charge in [0.2, 0.25) is 0 Å². The lowest BCUT2D eigenvalue weighted by atomic mass is 9.91. The standard InChI is InChI=1S/C35H39N5O2S2/c41-22-21-40-19-16-27(17-20-40)33(31-13-7-8-18-36-31)44-30-23-32(42-29-11-5-2-6-12-29)34(37-24-30)39-35-38-28(25-43-35)15-14-26-9-3-1-4-10-26/h1-13,18,23-24,27-28,33,41H,14-17,19-22,25H2,(H,37,38,39). The van der Waals surface area contributed by atoms with Crippen LogP contribution in [0.2, 0.25) is 0 Å². The van der Waals surface area contributed by atoms with Crippen molar-refractivity contribution in [2.75, 3.05) is 37.3 Å². The maximum atomic E-state index is 9.40. The van der Waals surface area contributed by atoms with E-state index in [-0.39, 0.29) is 17.9 Å². The molecule has 4 heterocycles. The lowest BCUT2D eigenvalue weighted by molar-refractivity contribution is 0.146. The predicted molar refractivity (Wildman–Crippen MR) is 182 cm³/mol. The number of hydrogen-bond donors (Lipinski definition) is 2. The third-order valence-corrected chi connectivity index (χ3v) is 10.5. The SMILES string of the molecule is OCCN1CCC(C(Sc2cnc(NC3=NC(CCc4ccccc4)CS3)c(Oc3ccccc3)c2)c2ccccn2)CC1. The number of piperidine rings is 1. The molecule has 0 saturated carbocycles. The molecule has 228 valence electrons. The first-order chi connectivity index (χ1) is 21.7. The maximum absolute atomic E-state index is 9.40. The van der Waals surface area contributed by atoms with E-state index in [1.54, 1.807) is 11.8 Å². The first-order valence-electron chi connectivity index (χ1n) is 15.4. The van der Waals surface area contributed by atoms with Crippen LogP contribution in [0.25, 0.3) is 0 Å². The van der Waals surface area contributed by atoms with Crippen molar-refractivity contribution >= 4 is 34.5 Å². The number of nitrogens with zero attached hydrogens (tertiary/aromatic N) is 4. The zero-order chi connectivity index (χ0) is 30.0. The van der Waals surface area contributed by atoms with Crippen molar-refractivity contribution in [2.24, 2.45) is 10.9 Å². The molecule has 44 heavy (non-hydrogen) atoms. The van der Waals surface area contributed by atoms with Gasteiger partial charge in [-0.15, -0.1) is 11.8 Å². The molecule has 1 fully saturated rings. The third-order valence-electron chi connectivity index (χ3n) is 8.06. The lowest BCUT2D eigenvalue weighted by Gasteiger charge is -2.35. The fourth-order valence-corrected chi connectivity index (χ4v) is 7.99. The first-order valence-corrected chi connectivity index (χ1v) is 17.3. The average molecular weight is 626 g/mol. The number of amidine groups is 1. The van der Waals surface area contributed by atoms with Gasteiger partial charge >= 0.3 is 0 Å². The number of pyridine rings is 2. The number of benzene rings is 2. The molecule has 0 radical (unpaired) electrons. The Morgan fingerprint density at radius 3 is 2.50 bits per heavy atom. The van der Waals surface area contributed by atoms with Crippen LogP contribution in [-0.4, -0.2) is 63.2 Å². The number of aryl methyl sites for hydroxylation is 1. The van der Waals surface area contributed by atoms with Crippen LogP contribution in [0.5, 0.6) is 11.5 Å². The molecule has 0 amide bonds. The lowest BCUT2D eigenvalue weighted by Crippen LogP contribution is -2.37. The molecule has 2 aliphatic rings. The summed E-state index contributed by atoms with van der Waals surface area (Å²) in [6, 6.07) is 29.0. The van der Waals surface area contributed by atoms with Gasteiger partial charge in [-0.25, -0.2) is 4.98 Å². The summed E-state index contributed by atoms with van der Waals surface area (Å²) in [6.45, 7) is 2.93. The van der Waals surface area contributed by atoms with Gasteiger partial charge in [-0.2, -0.15) is 0 Å². The van der Waals surface area contributed by atoms with Gasteiger partial charge in [-0.05, 0) is 80.6 Å². The van der Waals surface area contributed by atoms with E-state index in [2.05, 4.69) is 58.7 Å². The fraction of sp³-hybridized carbons (Fsp3) is 0.343. The second kappa shape index (κ2) is 15.6. The average Bonchev–Trinajstić information content (AvgIpc) is 3.53. The van der Waals surface area contributed by atoms with E-state index in [4.69, 9.17) is 19.7 Å². The van der Waals surface area contributed by atoms with Crippen LogP contribution >= 0.6 is 23.5 Å². The number of likely N-dealkylation sites (tertiary alicyclic amines) is 1. The van der Waals surface area contributed by atoms with E-state index in [0.29, 0.717) is 17.5 Å². The number of β-amino-alcohol motifs (C(OH)–C–C–N with tert-alkyl or cyclic N) is 1. The van der Waals surface area contributed by atoms with Gasteiger partial charge in [-0.3, -0.25) is 9.98 Å². The first kappa shape index (κ1) is 30.6. The molecule has 9 heteroatoms. The molecule has 0 spiro atoms. The molecule has 7 nitrogen and oxygen atoms in total. The van der Waals surface area contributed by atoms with Crippen molar-refractivity contribution in [3.05, 3.63) is 109 Å².